The van der Waals surface area contributed by atoms with Gasteiger partial charge in [0.25, 0.3) is 0 Å². The number of nitrogens with zero attached hydrogens (tertiary/aromatic N) is 2. The Balaban J connectivity index is 1.36. The molecule has 0 N–H and O–H groups in total. The zero-order valence-corrected chi connectivity index (χ0v) is 33.3. The van der Waals surface area contributed by atoms with Crippen molar-refractivity contribution in [3.63, 3.8) is 0 Å². The van der Waals surface area contributed by atoms with E-state index in [0.717, 1.165) is 64.9 Å². The molecule has 4 rings (SSSR count). The number of hydrogen-bond acceptors (Lipinski definition) is 8. The highest BCUT2D eigenvalue weighted by Gasteiger charge is 2.51. The second kappa shape index (κ2) is 17.0. The van der Waals surface area contributed by atoms with Crippen LogP contribution >= 0.6 is 0 Å². The molecule has 2 aromatic rings. The van der Waals surface area contributed by atoms with Gasteiger partial charge in [-0.05, 0) is 118 Å². The van der Waals surface area contributed by atoms with Crippen molar-refractivity contribution in [1.82, 2.24) is 9.80 Å². The first-order valence-corrected chi connectivity index (χ1v) is 19.2. The SMILES string of the molecule is CC(C)(C)OC(=O)CC(CCCCB1OC(C)(C)C(C)(C)O1)(CCCN1CCN(Cc2ccc(-c3ccccc3)cc2)CC1)C(=O)OC(C)(C)C. The van der Waals surface area contributed by atoms with Crippen molar-refractivity contribution in [2.75, 3.05) is 32.7 Å². The lowest BCUT2D eigenvalue weighted by Gasteiger charge is -2.37. The van der Waals surface area contributed by atoms with Gasteiger partial charge in [-0.2, -0.15) is 0 Å². The number of ether oxygens (including phenoxy) is 2. The molecule has 0 spiro atoms. The third-order valence-electron chi connectivity index (χ3n) is 10.4. The van der Waals surface area contributed by atoms with E-state index in [1.807, 2.05) is 47.6 Å². The van der Waals surface area contributed by atoms with Gasteiger partial charge in [-0.25, -0.2) is 0 Å². The second-order valence-corrected chi connectivity index (χ2v) is 17.8. The summed E-state index contributed by atoms with van der Waals surface area (Å²) < 4.78 is 24.3. The lowest BCUT2D eigenvalue weighted by Crippen LogP contribution is -2.46. The maximum atomic E-state index is 14.1. The van der Waals surface area contributed by atoms with E-state index in [-0.39, 0.29) is 36.7 Å². The summed E-state index contributed by atoms with van der Waals surface area (Å²) in [6.07, 6.45) is 4.19. The molecule has 2 aliphatic rings. The standard InChI is InChI=1S/C42H65BN2O6/c1-38(2,3)48-36(46)31-42(37(47)49-39(4,5)6,23-14-15-25-43-50-40(7,8)41(9,10)51-43)24-16-26-44-27-29-45(30-28-44)32-33-19-21-35(22-20-33)34-17-12-11-13-18-34/h11-13,17-22H,14-16,23-32H2,1-10H3. The van der Waals surface area contributed by atoms with Gasteiger partial charge >= 0.3 is 19.1 Å². The van der Waals surface area contributed by atoms with Gasteiger partial charge in [-0.1, -0.05) is 67.4 Å². The van der Waals surface area contributed by atoms with Gasteiger partial charge in [0, 0.05) is 32.7 Å². The fraction of sp³-hybridized carbons (Fsp3) is 0.667. The first-order chi connectivity index (χ1) is 23.8. The van der Waals surface area contributed by atoms with Crippen molar-refractivity contribution < 1.29 is 28.4 Å². The van der Waals surface area contributed by atoms with Crippen LogP contribution in [0.15, 0.2) is 54.6 Å². The van der Waals surface area contributed by atoms with Gasteiger partial charge < -0.3 is 23.7 Å². The molecule has 2 fully saturated rings. The van der Waals surface area contributed by atoms with Crippen LogP contribution in [0.25, 0.3) is 11.1 Å². The van der Waals surface area contributed by atoms with Crippen LogP contribution < -0.4 is 0 Å². The van der Waals surface area contributed by atoms with Crippen LogP contribution in [-0.2, 0) is 34.9 Å². The molecular formula is C42H65BN2O6. The van der Waals surface area contributed by atoms with Crippen molar-refractivity contribution in [3.05, 3.63) is 60.2 Å². The topological polar surface area (TPSA) is 77.5 Å². The molecule has 2 aliphatic heterocycles. The Kier molecular flexibility index (Phi) is 13.6. The number of rotatable bonds is 15. The Hall–Kier alpha value is -2.72. The van der Waals surface area contributed by atoms with Crippen LogP contribution in [0.2, 0.25) is 6.32 Å². The van der Waals surface area contributed by atoms with Gasteiger partial charge in [0.15, 0.2) is 0 Å². The highest BCUT2D eigenvalue weighted by Crippen LogP contribution is 2.41. The number of carbonyl (C=O) groups excluding carboxylic acids is 2. The maximum Gasteiger partial charge on any atom is 0.457 e. The van der Waals surface area contributed by atoms with E-state index >= 15 is 0 Å². The molecule has 1 atom stereocenters. The average molecular weight is 705 g/mol. The summed E-state index contributed by atoms with van der Waals surface area (Å²) in [6.45, 7) is 25.2. The van der Waals surface area contributed by atoms with Crippen LogP contribution in [0.4, 0.5) is 0 Å². The average Bonchev–Trinajstić information content (AvgIpc) is 3.24. The Morgan fingerprint density at radius 2 is 1.24 bits per heavy atom. The summed E-state index contributed by atoms with van der Waals surface area (Å²) in [5.41, 5.74) is 0.755. The number of benzene rings is 2. The van der Waals surface area contributed by atoms with E-state index < -0.39 is 16.6 Å². The van der Waals surface area contributed by atoms with Gasteiger partial charge in [0.05, 0.1) is 23.0 Å². The number of carbonyl (C=O) groups is 2. The second-order valence-electron chi connectivity index (χ2n) is 17.8. The summed E-state index contributed by atoms with van der Waals surface area (Å²) in [5, 5.41) is 0. The minimum absolute atomic E-state index is 0.00646. The summed E-state index contributed by atoms with van der Waals surface area (Å²) in [5.74, 6) is -0.663. The minimum Gasteiger partial charge on any atom is -0.460 e. The smallest absolute Gasteiger partial charge is 0.457 e. The van der Waals surface area contributed by atoms with Crippen LogP contribution in [0.1, 0.15) is 113 Å². The third-order valence-corrected chi connectivity index (χ3v) is 10.4. The summed E-state index contributed by atoms with van der Waals surface area (Å²) in [7, 11) is -0.288. The van der Waals surface area contributed by atoms with Gasteiger partial charge in [0.2, 0.25) is 0 Å². The molecule has 51 heavy (non-hydrogen) atoms. The Labute approximate surface area is 309 Å². The van der Waals surface area contributed by atoms with Crippen LogP contribution in [0, 0.1) is 5.41 Å². The number of piperazine rings is 1. The molecule has 0 amide bonds. The van der Waals surface area contributed by atoms with Crippen molar-refractivity contribution in [2.24, 2.45) is 5.41 Å². The molecule has 8 nitrogen and oxygen atoms in total. The fourth-order valence-electron chi connectivity index (χ4n) is 6.98. The largest absolute Gasteiger partial charge is 0.460 e. The quantitative estimate of drug-likeness (QED) is 0.104. The summed E-state index contributed by atoms with van der Waals surface area (Å²) in [4.78, 5) is 32.5. The van der Waals surface area contributed by atoms with Crippen molar-refractivity contribution >= 4 is 19.1 Å². The highest BCUT2D eigenvalue weighted by molar-refractivity contribution is 6.45. The molecule has 0 radical (unpaired) electrons. The predicted octanol–water partition coefficient (Wildman–Crippen LogP) is 8.57. The first-order valence-electron chi connectivity index (χ1n) is 19.2. The van der Waals surface area contributed by atoms with Crippen LogP contribution in [-0.4, -0.2) is 84.0 Å². The zero-order chi connectivity index (χ0) is 37.5. The summed E-state index contributed by atoms with van der Waals surface area (Å²) in [6, 6.07) is 19.4. The fourth-order valence-corrected chi connectivity index (χ4v) is 6.98. The lowest BCUT2D eigenvalue weighted by atomic mass is 9.73. The molecule has 0 bridgehead atoms. The Morgan fingerprint density at radius 1 is 0.706 bits per heavy atom. The van der Waals surface area contributed by atoms with Crippen molar-refractivity contribution in [3.8, 4) is 11.1 Å². The monoisotopic (exact) mass is 704 g/mol. The normalized spacial score (nSPS) is 19.5. The van der Waals surface area contributed by atoms with E-state index in [1.54, 1.807) is 0 Å². The van der Waals surface area contributed by atoms with Gasteiger partial charge in [-0.15, -0.1) is 0 Å². The van der Waals surface area contributed by atoms with E-state index in [1.165, 1.54) is 16.7 Å². The molecule has 2 aromatic carbocycles. The highest BCUT2D eigenvalue weighted by atomic mass is 16.7. The van der Waals surface area contributed by atoms with E-state index in [4.69, 9.17) is 18.8 Å². The molecule has 0 aliphatic carbocycles. The molecule has 282 valence electrons. The molecular weight excluding hydrogens is 639 g/mol. The first kappa shape index (κ1) is 41.0. The molecule has 0 aromatic heterocycles. The molecule has 9 heteroatoms. The zero-order valence-electron chi connectivity index (χ0n) is 33.3. The van der Waals surface area contributed by atoms with Crippen LogP contribution in [0.3, 0.4) is 0 Å². The molecule has 2 saturated heterocycles. The number of hydrogen-bond donors (Lipinski definition) is 0. The third kappa shape index (κ3) is 12.4. The van der Waals surface area contributed by atoms with E-state index in [9.17, 15) is 9.59 Å². The van der Waals surface area contributed by atoms with E-state index in [2.05, 4.69) is 86.0 Å². The molecule has 2 heterocycles. The Bertz CT molecular complexity index is 1390. The van der Waals surface area contributed by atoms with Crippen molar-refractivity contribution in [2.45, 2.75) is 143 Å². The molecule has 1 unspecified atom stereocenters. The van der Waals surface area contributed by atoms with Crippen molar-refractivity contribution in [1.29, 1.82) is 0 Å². The number of esters is 2. The number of unbranched alkanes of at least 4 members (excludes halogenated alkanes) is 1. The predicted molar refractivity (Wildman–Crippen MR) is 206 cm³/mol. The summed E-state index contributed by atoms with van der Waals surface area (Å²) >= 11 is 0. The minimum atomic E-state index is -0.973. The maximum absolute atomic E-state index is 14.1. The van der Waals surface area contributed by atoms with Crippen LogP contribution in [0.5, 0.6) is 0 Å². The van der Waals surface area contributed by atoms with Gasteiger partial charge in [-0.3, -0.25) is 14.5 Å². The van der Waals surface area contributed by atoms with Gasteiger partial charge in [0.1, 0.15) is 11.2 Å². The molecule has 0 saturated carbocycles. The van der Waals surface area contributed by atoms with E-state index in [0.29, 0.717) is 12.8 Å². The Morgan fingerprint density at radius 3 is 1.80 bits per heavy atom. The lowest BCUT2D eigenvalue weighted by molar-refractivity contribution is -0.176.